The lowest BCUT2D eigenvalue weighted by molar-refractivity contribution is 0.0836. The van der Waals surface area contributed by atoms with Crippen molar-refractivity contribution in [1.29, 1.82) is 0 Å². The van der Waals surface area contributed by atoms with Gasteiger partial charge in [-0.15, -0.1) is 10.2 Å². The van der Waals surface area contributed by atoms with Crippen LogP contribution in [0.3, 0.4) is 0 Å². The van der Waals surface area contributed by atoms with Crippen LogP contribution in [-0.2, 0) is 0 Å². The van der Waals surface area contributed by atoms with Crippen molar-refractivity contribution in [2.75, 3.05) is 13.2 Å². The van der Waals surface area contributed by atoms with Crippen molar-refractivity contribution in [1.82, 2.24) is 19.8 Å². The number of benzene rings is 2. The van der Waals surface area contributed by atoms with E-state index in [1.807, 2.05) is 55.5 Å². The number of nitrogens with zero attached hydrogens (tertiary/aromatic N) is 4. The Morgan fingerprint density at radius 1 is 1.11 bits per heavy atom. The maximum absolute atomic E-state index is 6.05. The topological polar surface area (TPSA) is 70.8 Å². The number of aromatic nitrogens is 4. The summed E-state index contributed by atoms with van der Waals surface area (Å²) < 4.78 is 19.3. The van der Waals surface area contributed by atoms with Gasteiger partial charge >= 0.3 is 0 Å². The van der Waals surface area contributed by atoms with Crippen molar-refractivity contribution in [3.05, 3.63) is 54.4 Å². The summed E-state index contributed by atoms with van der Waals surface area (Å²) in [5.74, 6) is 2.86. The van der Waals surface area contributed by atoms with E-state index in [-0.39, 0.29) is 6.10 Å². The first kappa shape index (κ1) is 16.1. The average molecular weight is 380 g/mol. The first-order valence-corrected chi connectivity index (χ1v) is 9.48. The van der Waals surface area contributed by atoms with E-state index in [4.69, 9.17) is 19.3 Å². The number of fused-ring (bicyclic) bond motifs is 2. The van der Waals surface area contributed by atoms with Gasteiger partial charge in [-0.05, 0) is 31.2 Å². The third kappa shape index (κ3) is 2.78. The molecule has 0 N–H and O–H groups in total. The molecular formula is C19H16N4O3S. The molecule has 0 saturated heterocycles. The first-order valence-electron chi connectivity index (χ1n) is 8.66. The minimum Gasteiger partial charge on any atom is -0.493 e. The van der Waals surface area contributed by atoms with Crippen LogP contribution in [0.4, 0.5) is 0 Å². The smallest absolute Gasteiger partial charge is 0.235 e. The van der Waals surface area contributed by atoms with Crippen LogP contribution in [0.2, 0.25) is 0 Å². The van der Waals surface area contributed by atoms with E-state index in [1.165, 1.54) is 11.3 Å². The highest BCUT2D eigenvalue weighted by Gasteiger charge is 2.28. The minimum absolute atomic E-state index is 0.361. The highest BCUT2D eigenvalue weighted by atomic mass is 32.1. The van der Waals surface area contributed by atoms with E-state index in [9.17, 15) is 0 Å². The molecular weight excluding hydrogens is 364 g/mol. The molecule has 0 spiro atoms. The quantitative estimate of drug-likeness (QED) is 0.537. The molecule has 7 nitrogen and oxygen atoms in total. The molecule has 1 aliphatic heterocycles. The summed E-state index contributed by atoms with van der Waals surface area (Å²) in [5, 5.41) is 14.1. The maximum atomic E-state index is 6.05. The third-order valence-corrected chi connectivity index (χ3v) is 5.16. The summed E-state index contributed by atoms with van der Waals surface area (Å²) >= 11 is 1.46. The lowest BCUT2D eigenvalue weighted by Gasteiger charge is -2.24. The minimum atomic E-state index is -0.369. The highest BCUT2D eigenvalue weighted by molar-refractivity contribution is 7.19. The number of para-hydroxylation sites is 3. The molecule has 5 rings (SSSR count). The first-order chi connectivity index (χ1) is 13.3. The molecule has 1 aliphatic rings. The summed E-state index contributed by atoms with van der Waals surface area (Å²) in [6, 6.07) is 15.4. The van der Waals surface area contributed by atoms with Crippen LogP contribution in [0.25, 0.3) is 15.5 Å². The Morgan fingerprint density at radius 2 is 1.93 bits per heavy atom. The lowest BCUT2D eigenvalue weighted by atomic mass is 10.2. The van der Waals surface area contributed by atoms with Gasteiger partial charge in [0.05, 0.1) is 12.2 Å². The van der Waals surface area contributed by atoms with Gasteiger partial charge in [-0.25, -0.2) is 0 Å². The monoisotopic (exact) mass is 380 g/mol. The fourth-order valence-electron chi connectivity index (χ4n) is 3.01. The zero-order valence-corrected chi connectivity index (χ0v) is 15.3. The van der Waals surface area contributed by atoms with Crippen LogP contribution in [0.15, 0.2) is 48.5 Å². The van der Waals surface area contributed by atoms with E-state index in [0.29, 0.717) is 29.7 Å². The van der Waals surface area contributed by atoms with Crippen molar-refractivity contribution in [2.24, 2.45) is 0 Å². The average Bonchev–Trinajstić information content (AvgIpc) is 3.29. The zero-order chi connectivity index (χ0) is 18.2. The molecule has 0 unspecified atom stereocenters. The van der Waals surface area contributed by atoms with Gasteiger partial charge in [0, 0.05) is 0 Å². The molecule has 8 heteroatoms. The molecule has 27 heavy (non-hydrogen) atoms. The van der Waals surface area contributed by atoms with Gasteiger partial charge in [0.2, 0.25) is 4.96 Å². The Balaban J connectivity index is 1.52. The van der Waals surface area contributed by atoms with Crippen molar-refractivity contribution in [2.45, 2.75) is 13.0 Å². The second-order valence-electron chi connectivity index (χ2n) is 5.95. The second-order valence-corrected chi connectivity index (χ2v) is 6.91. The van der Waals surface area contributed by atoms with Gasteiger partial charge < -0.3 is 14.2 Å². The molecule has 1 atom stereocenters. The maximum Gasteiger partial charge on any atom is 0.235 e. The molecule has 0 radical (unpaired) electrons. The molecule has 136 valence electrons. The molecule has 0 bridgehead atoms. The molecule has 0 fully saturated rings. The predicted octanol–water partition coefficient (Wildman–Crippen LogP) is 3.76. The number of ether oxygens (including phenoxy) is 3. The predicted molar refractivity (Wildman–Crippen MR) is 101 cm³/mol. The van der Waals surface area contributed by atoms with Crippen molar-refractivity contribution >= 4 is 16.3 Å². The summed E-state index contributed by atoms with van der Waals surface area (Å²) in [7, 11) is 0. The van der Waals surface area contributed by atoms with Crippen molar-refractivity contribution in [3.63, 3.8) is 0 Å². The van der Waals surface area contributed by atoms with Gasteiger partial charge in [-0.3, -0.25) is 0 Å². The fourth-order valence-corrected chi connectivity index (χ4v) is 3.89. The van der Waals surface area contributed by atoms with Crippen molar-refractivity contribution in [3.8, 4) is 27.8 Å². The standard InChI is InChI=1S/C19H16N4O3S/c1-2-24-13-8-4-3-7-12(13)18-22-23-17(20-21-19(23)27-18)16-11-25-14-9-5-6-10-15(14)26-16/h3-10,16H,2,11H2,1H3/t16-/m1/s1. The molecule has 2 aromatic carbocycles. The van der Waals surface area contributed by atoms with Crippen LogP contribution in [0.1, 0.15) is 18.9 Å². The van der Waals surface area contributed by atoms with E-state index in [2.05, 4.69) is 10.2 Å². The third-order valence-electron chi connectivity index (χ3n) is 4.23. The molecule has 0 saturated carbocycles. The lowest BCUT2D eigenvalue weighted by Crippen LogP contribution is -2.23. The van der Waals surface area contributed by atoms with Crippen LogP contribution < -0.4 is 14.2 Å². The Kier molecular flexibility index (Phi) is 3.90. The summed E-state index contributed by atoms with van der Waals surface area (Å²) in [5.41, 5.74) is 0.937. The molecule has 4 aromatic rings. The number of hydrogen-bond donors (Lipinski definition) is 0. The van der Waals surface area contributed by atoms with E-state index < -0.39 is 0 Å². The Bertz CT molecular complexity index is 1110. The molecule has 0 amide bonds. The molecule has 2 aromatic heterocycles. The van der Waals surface area contributed by atoms with E-state index >= 15 is 0 Å². The van der Waals surface area contributed by atoms with Crippen LogP contribution in [0.5, 0.6) is 17.2 Å². The Hall–Kier alpha value is -3.13. The second kappa shape index (κ2) is 6.55. The number of hydrogen-bond acceptors (Lipinski definition) is 7. The van der Waals surface area contributed by atoms with E-state index in [0.717, 1.165) is 22.1 Å². The molecule has 3 heterocycles. The normalized spacial score (nSPS) is 15.8. The van der Waals surface area contributed by atoms with Crippen molar-refractivity contribution < 1.29 is 14.2 Å². The largest absolute Gasteiger partial charge is 0.493 e. The molecule has 0 aliphatic carbocycles. The Labute approximate surface area is 159 Å². The fraction of sp³-hybridized carbons (Fsp3) is 0.211. The highest BCUT2D eigenvalue weighted by Crippen LogP contribution is 2.37. The van der Waals surface area contributed by atoms with E-state index in [1.54, 1.807) is 4.52 Å². The SMILES string of the molecule is CCOc1ccccc1-c1nn2c([C@H]3COc4ccccc4O3)nnc2s1. The van der Waals surface area contributed by atoms with Crippen LogP contribution in [-0.4, -0.2) is 33.0 Å². The van der Waals surface area contributed by atoms with Gasteiger partial charge in [0.25, 0.3) is 0 Å². The van der Waals surface area contributed by atoms with Gasteiger partial charge in [-0.1, -0.05) is 35.6 Å². The summed E-state index contributed by atoms with van der Waals surface area (Å²) in [4.78, 5) is 0.703. The Morgan fingerprint density at radius 3 is 2.81 bits per heavy atom. The van der Waals surface area contributed by atoms with Gasteiger partial charge in [0.15, 0.2) is 28.4 Å². The zero-order valence-electron chi connectivity index (χ0n) is 14.5. The van der Waals surface area contributed by atoms with Gasteiger partial charge in [0.1, 0.15) is 12.4 Å². The van der Waals surface area contributed by atoms with Crippen LogP contribution in [0, 0.1) is 0 Å². The van der Waals surface area contributed by atoms with Crippen LogP contribution >= 0.6 is 11.3 Å². The number of rotatable bonds is 4. The van der Waals surface area contributed by atoms with Gasteiger partial charge in [-0.2, -0.15) is 9.61 Å². The summed E-state index contributed by atoms with van der Waals surface area (Å²) in [6.07, 6.45) is -0.369. The summed E-state index contributed by atoms with van der Waals surface area (Å²) in [6.45, 7) is 2.92.